The van der Waals surface area contributed by atoms with Gasteiger partial charge in [-0.2, -0.15) is 5.10 Å². The van der Waals surface area contributed by atoms with E-state index in [4.69, 9.17) is 0 Å². The molecule has 1 heterocycles. The van der Waals surface area contributed by atoms with E-state index in [0.29, 0.717) is 12.3 Å². The van der Waals surface area contributed by atoms with Crippen molar-refractivity contribution in [2.75, 3.05) is 0 Å². The fraction of sp³-hybridized carbons (Fsp3) is 0.600. The molecule has 2 rings (SSSR count). The van der Waals surface area contributed by atoms with E-state index in [1.54, 1.807) is 30.1 Å². The van der Waals surface area contributed by atoms with Crippen molar-refractivity contribution in [2.45, 2.75) is 31.7 Å². The molecule has 1 atom stereocenters. The van der Waals surface area contributed by atoms with Crippen LogP contribution in [-0.2, 0) is 10.3 Å². The van der Waals surface area contributed by atoms with E-state index in [9.17, 15) is 9.90 Å². The summed E-state index contributed by atoms with van der Waals surface area (Å²) in [6.45, 7) is 1.74. The zero-order valence-electron chi connectivity index (χ0n) is 8.18. The number of aliphatic carboxylic acids is 1. The first-order chi connectivity index (χ1) is 6.63. The van der Waals surface area contributed by atoms with Gasteiger partial charge in [0, 0.05) is 12.4 Å². The Morgan fingerprint density at radius 2 is 2.43 bits per heavy atom. The molecular weight excluding hydrogens is 180 g/mol. The first-order valence-electron chi connectivity index (χ1n) is 4.86. The Kier molecular flexibility index (Phi) is 2.06. The molecule has 1 unspecified atom stereocenters. The summed E-state index contributed by atoms with van der Waals surface area (Å²) < 4.78 is 1.55. The fourth-order valence-electron chi connectivity index (χ4n) is 1.72. The van der Waals surface area contributed by atoms with E-state index in [1.807, 2.05) is 0 Å². The zero-order chi connectivity index (χ0) is 10.2. The molecule has 0 radical (unpaired) electrons. The van der Waals surface area contributed by atoms with Gasteiger partial charge in [0.1, 0.15) is 0 Å². The number of hydrogen-bond donors (Lipinski definition) is 1. The van der Waals surface area contributed by atoms with Gasteiger partial charge in [-0.1, -0.05) is 12.8 Å². The minimum Gasteiger partial charge on any atom is -0.479 e. The SMILES string of the molecule is CC(CC1CC1)(C(=O)O)n1cccn1. The lowest BCUT2D eigenvalue weighted by molar-refractivity contribution is -0.147. The zero-order valence-corrected chi connectivity index (χ0v) is 8.18. The number of carboxylic acids is 1. The van der Waals surface area contributed by atoms with Crippen molar-refractivity contribution in [1.82, 2.24) is 9.78 Å². The summed E-state index contributed by atoms with van der Waals surface area (Å²) in [5.41, 5.74) is -0.870. The molecular formula is C10H14N2O2. The van der Waals surface area contributed by atoms with Crippen molar-refractivity contribution in [3.8, 4) is 0 Å². The Labute approximate surface area is 82.5 Å². The van der Waals surface area contributed by atoms with Gasteiger partial charge in [-0.05, 0) is 25.3 Å². The Bertz CT molecular complexity index is 330. The monoisotopic (exact) mass is 194 g/mol. The Morgan fingerprint density at radius 1 is 1.71 bits per heavy atom. The van der Waals surface area contributed by atoms with Crippen molar-refractivity contribution < 1.29 is 9.90 Å². The largest absolute Gasteiger partial charge is 0.479 e. The number of rotatable bonds is 4. The maximum absolute atomic E-state index is 11.2. The molecule has 0 aromatic carbocycles. The van der Waals surface area contributed by atoms with Gasteiger partial charge in [0.2, 0.25) is 0 Å². The number of carboxylic acid groups (broad SMARTS) is 1. The molecule has 1 N–H and O–H groups in total. The lowest BCUT2D eigenvalue weighted by Crippen LogP contribution is -2.39. The minimum absolute atomic E-state index is 0.570. The summed E-state index contributed by atoms with van der Waals surface area (Å²) in [5, 5.41) is 13.2. The quantitative estimate of drug-likeness (QED) is 0.789. The lowest BCUT2D eigenvalue weighted by atomic mass is 9.95. The minimum atomic E-state index is -0.870. The third-order valence-corrected chi connectivity index (χ3v) is 2.85. The molecule has 1 aliphatic rings. The summed E-state index contributed by atoms with van der Waals surface area (Å²) in [7, 11) is 0. The Hall–Kier alpha value is -1.32. The summed E-state index contributed by atoms with van der Waals surface area (Å²) in [4.78, 5) is 11.2. The first kappa shape index (κ1) is 9.24. The van der Waals surface area contributed by atoms with Crippen molar-refractivity contribution in [3.63, 3.8) is 0 Å². The van der Waals surface area contributed by atoms with E-state index in [1.165, 1.54) is 0 Å². The Balaban J connectivity index is 2.24. The lowest BCUT2D eigenvalue weighted by Gasteiger charge is -2.25. The van der Waals surface area contributed by atoms with Gasteiger partial charge in [-0.25, -0.2) is 4.79 Å². The number of aromatic nitrogens is 2. The normalized spacial score (nSPS) is 20.4. The van der Waals surface area contributed by atoms with Crippen LogP contribution >= 0.6 is 0 Å². The second-order valence-corrected chi connectivity index (χ2v) is 4.18. The van der Waals surface area contributed by atoms with E-state index in [0.717, 1.165) is 12.8 Å². The Morgan fingerprint density at radius 3 is 2.86 bits per heavy atom. The van der Waals surface area contributed by atoms with Crippen LogP contribution in [0.15, 0.2) is 18.5 Å². The van der Waals surface area contributed by atoms with E-state index in [2.05, 4.69) is 5.10 Å². The summed E-state index contributed by atoms with van der Waals surface area (Å²) in [6.07, 6.45) is 6.34. The molecule has 14 heavy (non-hydrogen) atoms. The van der Waals surface area contributed by atoms with Gasteiger partial charge in [0.25, 0.3) is 0 Å². The molecule has 4 nitrogen and oxygen atoms in total. The van der Waals surface area contributed by atoms with Gasteiger partial charge >= 0.3 is 5.97 Å². The highest BCUT2D eigenvalue weighted by molar-refractivity contribution is 5.76. The molecule has 1 aromatic heterocycles. The molecule has 0 amide bonds. The molecule has 0 aliphatic heterocycles. The van der Waals surface area contributed by atoms with Crippen LogP contribution in [0, 0.1) is 5.92 Å². The van der Waals surface area contributed by atoms with E-state index < -0.39 is 11.5 Å². The molecule has 1 aliphatic carbocycles. The predicted molar refractivity (Wildman–Crippen MR) is 50.9 cm³/mol. The van der Waals surface area contributed by atoms with E-state index in [-0.39, 0.29) is 0 Å². The van der Waals surface area contributed by atoms with Crippen LogP contribution in [0.1, 0.15) is 26.2 Å². The molecule has 0 saturated heterocycles. The third-order valence-electron chi connectivity index (χ3n) is 2.85. The number of carbonyl (C=O) groups is 1. The molecule has 0 spiro atoms. The van der Waals surface area contributed by atoms with Crippen molar-refractivity contribution in [3.05, 3.63) is 18.5 Å². The average molecular weight is 194 g/mol. The highest BCUT2D eigenvalue weighted by atomic mass is 16.4. The first-order valence-corrected chi connectivity index (χ1v) is 4.86. The van der Waals surface area contributed by atoms with Gasteiger partial charge in [-0.15, -0.1) is 0 Å². The van der Waals surface area contributed by atoms with Gasteiger partial charge in [0.05, 0.1) is 0 Å². The van der Waals surface area contributed by atoms with Crippen LogP contribution in [-0.4, -0.2) is 20.9 Å². The molecule has 0 bridgehead atoms. The summed E-state index contributed by atoms with van der Waals surface area (Å²) >= 11 is 0. The van der Waals surface area contributed by atoms with Crippen molar-refractivity contribution >= 4 is 5.97 Å². The molecule has 1 saturated carbocycles. The molecule has 4 heteroatoms. The van der Waals surface area contributed by atoms with E-state index >= 15 is 0 Å². The smallest absolute Gasteiger partial charge is 0.331 e. The van der Waals surface area contributed by atoms with Crippen LogP contribution in [0.3, 0.4) is 0 Å². The van der Waals surface area contributed by atoms with Crippen LogP contribution in [0.5, 0.6) is 0 Å². The summed E-state index contributed by atoms with van der Waals surface area (Å²) in [6, 6.07) is 1.76. The van der Waals surface area contributed by atoms with Crippen LogP contribution in [0.25, 0.3) is 0 Å². The van der Waals surface area contributed by atoms with Crippen LogP contribution in [0.4, 0.5) is 0 Å². The standard InChI is InChI=1S/C10H14N2O2/c1-10(9(13)14,7-8-3-4-8)12-6-2-5-11-12/h2,5-6,8H,3-4,7H2,1H3,(H,13,14). The molecule has 1 fully saturated rings. The maximum atomic E-state index is 11.2. The van der Waals surface area contributed by atoms with Crippen LogP contribution in [0.2, 0.25) is 0 Å². The predicted octanol–water partition coefficient (Wildman–Crippen LogP) is 1.48. The number of hydrogen-bond acceptors (Lipinski definition) is 2. The average Bonchev–Trinajstić information content (AvgIpc) is 2.78. The molecule has 1 aromatic rings. The van der Waals surface area contributed by atoms with Crippen molar-refractivity contribution in [1.29, 1.82) is 0 Å². The summed E-state index contributed by atoms with van der Waals surface area (Å²) in [5.74, 6) is -0.228. The van der Waals surface area contributed by atoms with Gasteiger partial charge in [0.15, 0.2) is 5.54 Å². The van der Waals surface area contributed by atoms with Crippen molar-refractivity contribution in [2.24, 2.45) is 5.92 Å². The topological polar surface area (TPSA) is 55.1 Å². The maximum Gasteiger partial charge on any atom is 0.331 e. The highest BCUT2D eigenvalue weighted by Crippen LogP contribution is 2.39. The highest BCUT2D eigenvalue weighted by Gasteiger charge is 2.41. The number of nitrogens with zero attached hydrogens (tertiary/aromatic N) is 2. The second kappa shape index (κ2) is 3.12. The van der Waals surface area contributed by atoms with Crippen LogP contribution < -0.4 is 0 Å². The third kappa shape index (κ3) is 1.52. The van der Waals surface area contributed by atoms with Gasteiger partial charge in [-0.3, -0.25) is 4.68 Å². The van der Waals surface area contributed by atoms with Gasteiger partial charge < -0.3 is 5.11 Å². The molecule has 76 valence electrons. The second-order valence-electron chi connectivity index (χ2n) is 4.18. The fourth-order valence-corrected chi connectivity index (χ4v) is 1.72.